The highest BCUT2D eigenvalue weighted by atomic mass is 35.5. The van der Waals surface area contributed by atoms with Crippen LogP contribution in [0.15, 0.2) is 95.5 Å². The third-order valence-electron chi connectivity index (χ3n) is 5.49. The van der Waals surface area contributed by atoms with Crippen molar-refractivity contribution in [3.05, 3.63) is 108 Å². The number of aromatic nitrogens is 3. The highest BCUT2D eigenvalue weighted by Crippen LogP contribution is 2.41. The number of halogens is 1. The molecule has 0 fully saturated rings. The molecule has 2 aromatic heterocycles. The lowest BCUT2D eigenvalue weighted by molar-refractivity contribution is 0.572. The summed E-state index contributed by atoms with van der Waals surface area (Å²) < 4.78 is 6.07. The summed E-state index contributed by atoms with van der Waals surface area (Å²) in [5.41, 5.74) is 3.56. The summed E-state index contributed by atoms with van der Waals surface area (Å²) in [5, 5.41) is 4.87. The third-order valence-corrected chi connectivity index (χ3v) is 5.77. The van der Waals surface area contributed by atoms with E-state index in [4.69, 9.17) is 31.0 Å². The highest BCUT2D eigenvalue weighted by Gasteiger charge is 2.31. The standard InChI is InChI=1S/C26H17ClN4O/c27-19-15-28-22(21-18-13-7-8-14-20(18)32-23(19)21)26-30-24(16-9-3-1-4-10-16)29-25(31-26)17-11-5-2-6-12-17/h1-15,22,28H. The van der Waals surface area contributed by atoms with Crippen LogP contribution in [0, 0.1) is 0 Å². The average molecular weight is 437 g/mol. The number of para-hydroxylation sites is 1. The molecule has 1 N–H and O–H groups in total. The molecule has 1 unspecified atom stereocenters. The summed E-state index contributed by atoms with van der Waals surface area (Å²) in [4.78, 5) is 14.5. The van der Waals surface area contributed by atoms with Crippen molar-refractivity contribution in [2.45, 2.75) is 6.04 Å². The molecule has 32 heavy (non-hydrogen) atoms. The van der Waals surface area contributed by atoms with Crippen molar-refractivity contribution >= 4 is 27.6 Å². The largest absolute Gasteiger partial charge is 0.455 e. The smallest absolute Gasteiger partial charge is 0.163 e. The fourth-order valence-electron chi connectivity index (χ4n) is 3.99. The van der Waals surface area contributed by atoms with Crippen LogP contribution >= 0.6 is 11.6 Å². The summed E-state index contributed by atoms with van der Waals surface area (Å²) in [6.07, 6.45) is 1.74. The van der Waals surface area contributed by atoms with Crippen LogP contribution in [0.5, 0.6) is 0 Å². The van der Waals surface area contributed by atoms with E-state index in [2.05, 4.69) is 5.32 Å². The number of nitrogens with zero attached hydrogens (tertiary/aromatic N) is 3. The van der Waals surface area contributed by atoms with Crippen molar-refractivity contribution in [1.82, 2.24) is 20.3 Å². The molecule has 6 rings (SSSR count). The Labute approximate surface area is 189 Å². The summed E-state index contributed by atoms with van der Waals surface area (Å²) in [6.45, 7) is 0. The van der Waals surface area contributed by atoms with Crippen molar-refractivity contribution in [1.29, 1.82) is 0 Å². The molecule has 0 spiro atoms. The van der Waals surface area contributed by atoms with Gasteiger partial charge in [0.2, 0.25) is 0 Å². The highest BCUT2D eigenvalue weighted by molar-refractivity contribution is 6.48. The van der Waals surface area contributed by atoms with Crippen molar-refractivity contribution in [3.8, 4) is 22.8 Å². The Morgan fingerprint density at radius 3 is 1.97 bits per heavy atom. The molecule has 154 valence electrons. The summed E-state index contributed by atoms with van der Waals surface area (Å²) >= 11 is 6.48. The third kappa shape index (κ3) is 3.15. The lowest BCUT2D eigenvalue weighted by Gasteiger charge is -2.21. The Balaban J connectivity index is 1.58. The first-order chi connectivity index (χ1) is 15.8. The van der Waals surface area contributed by atoms with Gasteiger partial charge in [0, 0.05) is 28.3 Å². The van der Waals surface area contributed by atoms with Crippen LogP contribution in [0.4, 0.5) is 0 Å². The zero-order valence-corrected chi connectivity index (χ0v) is 17.6. The quantitative estimate of drug-likeness (QED) is 0.365. The Bertz CT molecular complexity index is 1400. The zero-order valence-electron chi connectivity index (χ0n) is 16.9. The molecular weight excluding hydrogens is 420 g/mol. The normalized spacial score (nSPS) is 15.2. The van der Waals surface area contributed by atoms with Gasteiger partial charge in [-0.3, -0.25) is 0 Å². The minimum atomic E-state index is -0.330. The summed E-state index contributed by atoms with van der Waals surface area (Å²) in [7, 11) is 0. The number of rotatable bonds is 3. The van der Waals surface area contributed by atoms with E-state index < -0.39 is 0 Å². The lowest BCUT2D eigenvalue weighted by Crippen LogP contribution is -2.24. The molecule has 0 bridgehead atoms. The number of nitrogens with one attached hydrogen (secondary N) is 1. The van der Waals surface area contributed by atoms with Gasteiger partial charge in [-0.15, -0.1) is 0 Å². The predicted molar refractivity (Wildman–Crippen MR) is 126 cm³/mol. The van der Waals surface area contributed by atoms with E-state index in [-0.39, 0.29) is 6.04 Å². The van der Waals surface area contributed by atoms with E-state index in [9.17, 15) is 0 Å². The Hall–Kier alpha value is -3.96. The molecule has 1 aliphatic heterocycles. The van der Waals surface area contributed by atoms with Crippen LogP contribution in [-0.4, -0.2) is 15.0 Å². The first-order valence-electron chi connectivity index (χ1n) is 10.3. The number of hydrogen-bond acceptors (Lipinski definition) is 5. The SMILES string of the molecule is ClC1=CNC(c2nc(-c3ccccc3)nc(-c3ccccc3)n2)c2c1oc1ccccc21. The molecule has 6 heteroatoms. The molecule has 0 aliphatic carbocycles. The van der Waals surface area contributed by atoms with Crippen molar-refractivity contribution in [3.63, 3.8) is 0 Å². The maximum atomic E-state index is 6.48. The fourth-order valence-corrected chi connectivity index (χ4v) is 4.20. The number of benzene rings is 3. The van der Waals surface area contributed by atoms with Gasteiger partial charge in [-0.1, -0.05) is 90.5 Å². The number of furan rings is 1. The average Bonchev–Trinajstić information content (AvgIpc) is 3.26. The van der Waals surface area contributed by atoms with Gasteiger partial charge in [-0.05, 0) is 6.07 Å². The van der Waals surface area contributed by atoms with Crippen LogP contribution in [0.25, 0.3) is 38.8 Å². The summed E-state index contributed by atoms with van der Waals surface area (Å²) in [6, 6.07) is 27.4. The van der Waals surface area contributed by atoms with E-state index in [1.54, 1.807) is 6.20 Å². The van der Waals surface area contributed by atoms with Crippen molar-refractivity contribution < 1.29 is 4.42 Å². The second-order valence-electron chi connectivity index (χ2n) is 7.51. The fraction of sp³-hybridized carbons (Fsp3) is 0.0385. The van der Waals surface area contributed by atoms with Gasteiger partial charge in [0.15, 0.2) is 23.2 Å². The van der Waals surface area contributed by atoms with Crippen molar-refractivity contribution in [2.75, 3.05) is 0 Å². The monoisotopic (exact) mass is 436 g/mol. The number of hydrogen-bond donors (Lipinski definition) is 1. The van der Waals surface area contributed by atoms with Gasteiger partial charge >= 0.3 is 0 Å². The van der Waals surface area contributed by atoms with E-state index in [0.29, 0.717) is 28.3 Å². The van der Waals surface area contributed by atoms with Crippen LogP contribution in [0.2, 0.25) is 0 Å². The maximum absolute atomic E-state index is 6.48. The minimum absolute atomic E-state index is 0.330. The molecule has 5 aromatic rings. The Kier molecular flexibility index (Phi) is 4.47. The molecular formula is C26H17ClN4O. The van der Waals surface area contributed by atoms with Gasteiger partial charge < -0.3 is 9.73 Å². The summed E-state index contributed by atoms with van der Waals surface area (Å²) in [5.74, 6) is 2.47. The first-order valence-corrected chi connectivity index (χ1v) is 10.7. The van der Waals surface area contributed by atoms with Crippen LogP contribution in [0.3, 0.4) is 0 Å². The minimum Gasteiger partial charge on any atom is -0.455 e. The van der Waals surface area contributed by atoms with Gasteiger partial charge in [-0.25, -0.2) is 15.0 Å². The molecule has 3 heterocycles. The number of fused-ring (bicyclic) bond motifs is 3. The lowest BCUT2D eigenvalue weighted by atomic mass is 9.99. The molecule has 0 saturated heterocycles. The van der Waals surface area contributed by atoms with Gasteiger partial charge in [0.25, 0.3) is 0 Å². The van der Waals surface area contributed by atoms with Gasteiger partial charge in [-0.2, -0.15) is 0 Å². The molecule has 0 amide bonds. The van der Waals surface area contributed by atoms with Gasteiger partial charge in [0.05, 0.1) is 5.03 Å². The van der Waals surface area contributed by atoms with E-state index in [0.717, 1.165) is 27.7 Å². The Morgan fingerprint density at radius 2 is 1.31 bits per heavy atom. The van der Waals surface area contributed by atoms with Crippen LogP contribution in [-0.2, 0) is 0 Å². The molecule has 0 saturated carbocycles. The maximum Gasteiger partial charge on any atom is 0.163 e. The zero-order chi connectivity index (χ0) is 21.5. The molecule has 0 radical (unpaired) electrons. The van der Waals surface area contributed by atoms with E-state index >= 15 is 0 Å². The van der Waals surface area contributed by atoms with Crippen molar-refractivity contribution in [2.24, 2.45) is 0 Å². The topological polar surface area (TPSA) is 63.8 Å². The van der Waals surface area contributed by atoms with E-state index in [1.807, 2.05) is 84.9 Å². The molecule has 1 atom stereocenters. The predicted octanol–water partition coefficient (Wildman–Crippen LogP) is 6.18. The molecule has 5 nitrogen and oxygen atoms in total. The van der Waals surface area contributed by atoms with Crippen LogP contribution in [0.1, 0.15) is 23.2 Å². The molecule has 1 aliphatic rings. The second-order valence-corrected chi connectivity index (χ2v) is 7.91. The first kappa shape index (κ1) is 18.8. The van der Waals surface area contributed by atoms with Crippen LogP contribution < -0.4 is 5.32 Å². The Morgan fingerprint density at radius 1 is 0.719 bits per heavy atom. The second kappa shape index (κ2) is 7.62. The molecule has 3 aromatic carbocycles. The van der Waals surface area contributed by atoms with E-state index in [1.165, 1.54) is 0 Å². The van der Waals surface area contributed by atoms with Gasteiger partial charge in [0.1, 0.15) is 11.6 Å².